The normalized spacial score (nSPS) is 10.6. The Morgan fingerprint density at radius 3 is 2.73 bits per heavy atom. The fourth-order valence-electron chi connectivity index (χ4n) is 2.36. The number of halogens is 2. The van der Waals surface area contributed by atoms with Crippen LogP contribution < -0.4 is 10.6 Å². The molecule has 0 unspecified atom stereocenters. The monoisotopic (exact) mass is 390 g/mol. The van der Waals surface area contributed by atoms with Gasteiger partial charge >= 0.3 is 0 Å². The van der Waals surface area contributed by atoms with Crippen LogP contribution in [0.1, 0.15) is 18.2 Å². The Bertz CT molecular complexity index is 943. The molecule has 0 radical (unpaired) electrons. The van der Waals surface area contributed by atoms with Crippen LogP contribution in [0.3, 0.4) is 0 Å². The molecule has 0 aliphatic carbocycles. The molecule has 0 bridgehead atoms. The Kier molecular flexibility index (Phi) is 5.49. The minimum atomic E-state index is -0.272. The van der Waals surface area contributed by atoms with Gasteiger partial charge in [0.2, 0.25) is 5.91 Å². The van der Waals surface area contributed by atoms with E-state index < -0.39 is 0 Å². The van der Waals surface area contributed by atoms with Crippen LogP contribution in [0.25, 0.3) is 10.4 Å². The summed E-state index contributed by atoms with van der Waals surface area (Å²) in [5.74, 6) is -0.438. The molecule has 0 aliphatic rings. The van der Waals surface area contributed by atoms with Gasteiger partial charge < -0.3 is 10.6 Å². The number of anilines is 2. The molecule has 3 aromatic rings. The van der Waals surface area contributed by atoms with E-state index in [9.17, 15) is 9.18 Å². The maximum absolute atomic E-state index is 13.0. The summed E-state index contributed by atoms with van der Waals surface area (Å²) in [4.78, 5) is 20.7. The van der Waals surface area contributed by atoms with Crippen molar-refractivity contribution >= 4 is 39.7 Å². The third kappa shape index (κ3) is 4.36. The third-order valence-corrected chi connectivity index (χ3v) is 5.00. The molecule has 0 aliphatic heterocycles. The molecule has 26 heavy (non-hydrogen) atoms. The van der Waals surface area contributed by atoms with Crippen molar-refractivity contribution in [3.05, 3.63) is 58.8 Å². The number of carbonyl (C=O) groups is 1. The number of thiazole rings is 1. The van der Waals surface area contributed by atoms with Crippen molar-refractivity contribution in [1.82, 2.24) is 9.97 Å². The zero-order valence-corrected chi connectivity index (χ0v) is 15.7. The van der Waals surface area contributed by atoms with Gasteiger partial charge in [0.25, 0.3) is 0 Å². The molecular weight excluding hydrogens is 375 g/mol. The van der Waals surface area contributed by atoms with Gasteiger partial charge in [-0.05, 0) is 30.7 Å². The van der Waals surface area contributed by atoms with Crippen molar-refractivity contribution in [3.63, 3.8) is 0 Å². The highest BCUT2D eigenvalue weighted by molar-refractivity contribution is 7.19. The first-order valence-electron chi connectivity index (χ1n) is 7.81. The summed E-state index contributed by atoms with van der Waals surface area (Å²) in [6.07, 6.45) is 1.67. The van der Waals surface area contributed by atoms with Crippen LogP contribution in [0.2, 0.25) is 5.15 Å². The molecule has 1 aromatic carbocycles. The van der Waals surface area contributed by atoms with E-state index >= 15 is 0 Å². The summed E-state index contributed by atoms with van der Waals surface area (Å²) in [6, 6.07) is 8.13. The zero-order chi connectivity index (χ0) is 18.7. The fraction of sp³-hybridized carbons (Fsp3) is 0.167. The van der Waals surface area contributed by atoms with Gasteiger partial charge in [-0.15, -0.1) is 0 Å². The molecular formula is C18H16ClFN4OS. The first-order valence-corrected chi connectivity index (χ1v) is 9.01. The predicted octanol–water partition coefficient (Wildman–Crippen LogP) is 4.88. The van der Waals surface area contributed by atoms with E-state index in [-0.39, 0.29) is 11.7 Å². The number of hydrogen-bond donors (Lipinski definition) is 2. The van der Waals surface area contributed by atoms with Gasteiger partial charge in [0.05, 0.1) is 16.3 Å². The molecule has 134 valence electrons. The number of rotatable bonds is 5. The lowest BCUT2D eigenvalue weighted by Gasteiger charge is -2.10. The second-order valence-corrected chi connectivity index (χ2v) is 7.01. The van der Waals surface area contributed by atoms with E-state index in [4.69, 9.17) is 11.6 Å². The van der Waals surface area contributed by atoms with Crippen molar-refractivity contribution in [2.75, 3.05) is 10.6 Å². The van der Waals surface area contributed by atoms with E-state index in [0.29, 0.717) is 22.5 Å². The fourth-order valence-corrected chi connectivity index (χ4v) is 3.53. The third-order valence-electron chi connectivity index (χ3n) is 3.58. The Hall–Kier alpha value is -2.51. The van der Waals surface area contributed by atoms with Crippen LogP contribution in [0, 0.1) is 12.7 Å². The van der Waals surface area contributed by atoms with Crippen molar-refractivity contribution in [2.24, 2.45) is 0 Å². The lowest BCUT2D eigenvalue weighted by atomic mass is 10.2. The van der Waals surface area contributed by atoms with Crippen LogP contribution in [-0.4, -0.2) is 15.9 Å². The highest BCUT2D eigenvalue weighted by atomic mass is 35.5. The number of nitrogens with zero attached hydrogens (tertiary/aromatic N) is 2. The van der Waals surface area contributed by atoms with Crippen LogP contribution >= 0.6 is 22.9 Å². The molecule has 1 amide bonds. The lowest BCUT2D eigenvalue weighted by molar-refractivity contribution is -0.114. The smallest absolute Gasteiger partial charge is 0.223 e. The molecule has 0 saturated heterocycles. The van der Waals surface area contributed by atoms with Gasteiger partial charge in [-0.3, -0.25) is 4.79 Å². The summed E-state index contributed by atoms with van der Waals surface area (Å²) in [5.41, 5.74) is 3.24. The maximum atomic E-state index is 13.0. The minimum Gasteiger partial charge on any atom is -0.378 e. The van der Waals surface area contributed by atoms with E-state index in [2.05, 4.69) is 20.6 Å². The Morgan fingerprint density at radius 2 is 2.04 bits per heavy atom. The number of aromatic nitrogens is 2. The highest BCUT2D eigenvalue weighted by Gasteiger charge is 2.13. The Balaban J connectivity index is 1.82. The van der Waals surface area contributed by atoms with Gasteiger partial charge in [-0.2, -0.15) is 0 Å². The van der Waals surface area contributed by atoms with Crippen molar-refractivity contribution < 1.29 is 9.18 Å². The highest BCUT2D eigenvalue weighted by Crippen LogP contribution is 2.35. The van der Waals surface area contributed by atoms with E-state index in [1.807, 2.05) is 13.0 Å². The first-order chi connectivity index (χ1) is 12.4. The molecule has 2 aromatic heterocycles. The summed E-state index contributed by atoms with van der Waals surface area (Å²) >= 11 is 7.56. The van der Waals surface area contributed by atoms with Gasteiger partial charge in [0.15, 0.2) is 10.3 Å². The summed E-state index contributed by atoms with van der Waals surface area (Å²) in [6.45, 7) is 3.80. The summed E-state index contributed by atoms with van der Waals surface area (Å²) in [7, 11) is 0. The van der Waals surface area contributed by atoms with Gasteiger partial charge in [0.1, 0.15) is 5.82 Å². The van der Waals surface area contributed by atoms with Crippen LogP contribution in [-0.2, 0) is 11.3 Å². The number of hydrogen-bond acceptors (Lipinski definition) is 5. The molecule has 2 N–H and O–H groups in total. The second-order valence-electron chi connectivity index (χ2n) is 5.66. The summed E-state index contributed by atoms with van der Waals surface area (Å²) < 4.78 is 13.0. The number of benzene rings is 1. The lowest BCUT2D eigenvalue weighted by Crippen LogP contribution is -2.04. The average Bonchev–Trinajstić information content (AvgIpc) is 2.95. The van der Waals surface area contributed by atoms with Gasteiger partial charge in [0, 0.05) is 25.2 Å². The Labute approximate surface area is 159 Å². The topological polar surface area (TPSA) is 66.9 Å². The molecule has 2 heterocycles. The first kappa shape index (κ1) is 18.3. The van der Waals surface area contributed by atoms with Crippen molar-refractivity contribution in [1.29, 1.82) is 0 Å². The zero-order valence-electron chi connectivity index (χ0n) is 14.1. The van der Waals surface area contributed by atoms with E-state index in [0.717, 1.165) is 21.7 Å². The van der Waals surface area contributed by atoms with E-state index in [1.165, 1.54) is 30.4 Å². The standard InChI is InChI=1S/C18H16ClFN4OS/c1-10-16(26-18(23-10)24-11(2)25)13-7-15(17(19)22-9-13)21-8-12-3-5-14(20)6-4-12/h3-7,9,21H,8H2,1-2H3,(H,23,24,25). The number of nitrogens with one attached hydrogen (secondary N) is 2. The van der Waals surface area contributed by atoms with Crippen LogP contribution in [0.15, 0.2) is 36.5 Å². The largest absolute Gasteiger partial charge is 0.378 e. The minimum absolute atomic E-state index is 0.166. The molecule has 5 nitrogen and oxygen atoms in total. The number of pyridine rings is 1. The van der Waals surface area contributed by atoms with Crippen molar-refractivity contribution in [2.45, 2.75) is 20.4 Å². The molecule has 3 rings (SSSR count). The second kappa shape index (κ2) is 7.80. The summed E-state index contributed by atoms with van der Waals surface area (Å²) in [5, 5.41) is 6.79. The Morgan fingerprint density at radius 1 is 1.31 bits per heavy atom. The molecule has 8 heteroatoms. The average molecular weight is 391 g/mol. The number of carbonyl (C=O) groups excluding carboxylic acids is 1. The maximum Gasteiger partial charge on any atom is 0.223 e. The number of aryl methyl sites for hydroxylation is 1. The quantitative estimate of drug-likeness (QED) is 0.609. The van der Waals surface area contributed by atoms with Gasteiger partial charge in [-0.25, -0.2) is 14.4 Å². The van der Waals surface area contributed by atoms with E-state index in [1.54, 1.807) is 18.3 Å². The molecule has 0 atom stereocenters. The SMILES string of the molecule is CC(=O)Nc1nc(C)c(-c2cnc(Cl)c(NCc3ccc(F)cc3)c2)s1. The predicted molar refractivity (Wildman–Crippen MR) is 103 cm³/mol. The molecule has 0 fully saturated rings. The number of amides is 1. The van der Waals surface area contributed by atoms with Gasteiger partial charge in [-0.1, -0.05) is 35.1 Å². The van der Waals surface area contributed by atoms with Crippen molar-refractivity contribution in [3.8, 4) is 10.4 Å². The molecule has 0 saturated carbocycles. The van der Waals surface area contributed by atoms with Crippen LogP contribution in [0.4, 0.5) is 15.2 Å². The molecule has 0 spiro atoms. The van der Waals surface area contributed by atoms with Crippen LogP contribution in [0.5, 0.6) is 0 Å².